The molecule has 0 saturated heterocycles. The Morgan fingerprint density at radius 2 is 2.50 bits per heavy atom. The Morgan fingerprint density at radius 1 is 1.88 bits per heavy atom. The van der Waals surface area contributed by atoms with Gasteiger partial charge in [-0.2, -0.15) is 0 Å². The van der Waals surface area contributed by atoms with Gasteiger partial charge in [0.25, 0.3) is 0 Å². The maximum absolute atomic E-state index is 4.78. The number of hydrogen-bond acceptors (Lipinski definition) is 3. The molecule has 0 aliphatic carbocycles. The third-order valence-corrected chi connectivity index (χ3v) is 1.87. The minimum atomic E-state index is 0.682. The summed E-state index contributed by atoms with van der Waals surface area (Å²) in [5.74, 6) is 0.902. The highest BCUT2D eigenvalue weighted by Crippen LogP contribution is 2.05. The van der Waals surface area contributed by atoms with Gasteiger partial charge in [-0.15, -0.1) is 24.4 Å². The van der Waals surface area contributed by atoms with Crippen LogP contribution in [0.1, 0.15) is 0 Å². The summed E-state index contributed by atoms with van der Waals surface area (Å²) in [5, 5.41) is 0. The van der Waals surface area contributed by atoms with E-state index in [-0.39, 0.29) is 0 Å². The molecule has 0 amide bonds. The van der Waals surface area contributed by atoms with Gasteiger partial charge in [-0.05, 0) is 0 Å². The fourth-order valence-electron chi connectivity index (χ4n) is 0.212. The van der Waals surface area contributed by atoms with E-state index in [9.17, 15) is 0 Å². The Bertz CT molecular complexity index is 73.7. The predicted octanol–water partition coefficient (Wildman–Crippen LogP) is 1.58. The summed E-state index contributed by atoms with van der Waals surface area (Å²) in [4.78, 5) is 0. The molecule has 0 N–H and O–H groups in total. The van der Waals surface area contributed by atoms with E-state index in [2.05, 4.69) is 24.8 Å². The Balaban J connectivity index is 2.82. The van der Waals surface area contributed by atoms with Crippen LogP contribution in [0.15, 0.2) is 0 Å². The highest BCUT2D eigenvalue weighted by molar-refractivity contribution is 8.41. The van der Waals surface area contributed by atoms with Crippen molar-refractivity contribution < 1.29 is 4.74 Å². The molecule has 1 nitrogen and oxygen atoms in total. The monoisotopic (exact) mass is 168 g/mol. The van der Waals surface area contributed by atoms with Gasteiger partial charge in [-0.25, -0.2) is 0 Å². The fourth-order valence-corrected chi connectivity index (χ4v) is 1.16. The van der Waals surface area contributed by atoms with Gasteiger partial charge in [-0.3, -0.25) is 0 Å². The van der Waals surface area contributed by atoms with Crippen molar-refractivity contribution in [1.29, 1.82) is 0 Å². The number of hydrogen-bond donors (Lipinski definition) is 1. The first-order chi connectivity index (χ1) is 3.77. The van der Waals surface area contributed by atoms with Crippen molar-refractivity contribution >= 4 is 40.1 Å². The lowest BCUT2D eigenvalue weighted by atomic mass is 10.9. The minimum absolute atomic E-state index is 0.682. The van der Waals surface area contributed by atoms with E-state index in [1.54, 1.807) is 7.11 Å². The molecule has 0 aliphatic heterocycles. The van der Waals surface area contributed by atoms with E-state index in [0.29, 0.717) is 3.53 Å². The summed E-state index contributed by atoms with van der Waals surface area (Å²) in [7, 11) is 1.67. The predicted molar refractivity (Wildman–Crippen MR) is 45.9 cm³/mol. The highest BCUT2D eigenvalue weighted by atomic mass is 32.2. The second kappa shape index (κ2) is 5.88. The normalized spacial score (nSPS) is 9.25. The van der Waals surface area contributed by atoms with E-state index < -0.39 is 0 Å². The topological polar surface area (TPSA) is 9.23 Å². The summed E-state index contributed by atoms with van der Waals surface area (Å²) >= 11 is 10.1. The molecule has 48 valence electrons. The maximum Gasteiger partial charge on any atom is 0.101 e. The second-order valence-electron chi connectivity index (χ2n) is 1.11. The molecule has 0 unspecified atom stereocenters. The summed E-state index contributed by atoms with van der Waals surface area (Å²) < 4.78 is 5.46. The number of thiol groups is 1. The Morgan fingerprint density at radius 3 is 2.88 bits per heavy atom. The van der Waals surface area contributed by atoms with Crippen LogP contribution in [0.25, 0.3) is 0 Å². The van der Waals surface area contributed by atoms with Gasteiger partial charge >= 0.3 is 0 Å². The second-order valence-corrected chi connectivity index (χ2v) is 3.93. The zero-order chi connectivity index (χ0) is 6.41. The Hall–Kier alpha value is 0.750. The molecule has 4 heteroatoms. The number of rotatable bonds is 3. The van der Waals surface area contributed by atoms with Crippen molar-refractivity contribution in [1.82, 2.24) is 0 Å². The Labute approximate surface area is 64.6 Å². The molecule has 8 heavy (non-hydrogen) atoms. The molecule has 0 heterocycles. The molecule has 0 spiro atoms. The summed E-state index contributed by atoms with van der Waals surface area (Å²) in [6.07, 6.45) is 0. The van der Waals surface area contributed by atoms with Gasteiger partial charge in [0.2, 0.25) is 0 Å². The van der Waals surface area contributed by atoms with Crippen LogP contribution in [0.3, 0.4) is 0 Å². The number of thiocarbonyl (C=S) groups is 1. The van der Waals surface area contributed by atoms with Crippen LogP contribution < -0.4 is 0 Å². The molecule has 0 fully saturated rings. The number of methoxy groups -OCH3 is 1. The van der Waals surface area contributed by atoms with Crippen LogP contribution in [0, 0.1) is 0 Å². The molecule has 0 aromatic carbocycles. The quantitative estimate of drug-likeness (QED) is 0.389. The van der Waals surface area contributed by atoms with Crippen LogP contribution >= 0.6 is 36.6 Å². The van der Waals surface area contributed by atoms with Crippen molar-refractivity contribution in [2.75, 3.05) is 19.5 Å². The SMILES string of the molecule is COCCSC(=S)S. The largest absolute Gasteiger partial charge is 0.384 e. The molecule has 0 aromatic heterocycles. The zero-order valence-electron chi connectivity index (χ0n) is 4.59. The van der Waals surface area contributed by atoms with Gasteiger partial charge in [-0.1, -0.05) is 12.2 Å². The maximum atomic E-state index is 4.78. The first-order valence-corrected chi connectivity index (χ1v) is 3.96. The van der Waals surface area contributed by atoms with Crippen molar-refractivity contribution in [2.45, 2.75) is 0 Å². The van der Waals surface area contributed by atoms with Crippen molar-refractivity contribution in [3.8, 4) is 0 Å². The van der Waals surface area contributed by atoms with Crippen LogP contribution in [0.5, 0.6) is 0 Å². The lowest BCUT2D eigenvalue weighted by Crippen LogP contribution is -1.91. The van der Waals surface area contributed by atoms with Gasteiger partial charge in [0.05, 0.1) is 6.61 Å². The van der Waals surface area contributed by atoms with E-state index in [1.807, 2.05) is 0 Å². The lowest BCUT2D eigenvalue weighted by molar-refractivity contribution is 0.219. The van der Waals surface area contributed by atoms with Crippen molar-refractivity contribution in [3.63, 3.8) is 0 Å². The molecule has 0 aromatic rings. The molecule has 0 aliphatic rings. The minimum Gasteiger partial charge on any atom is -0.384 e. The highest BCUT2D eigenvalue weighted by Gasteiger charge is 1.87. The van der Waals surface area contributed by atoms with E-state index in [4.69, 9.17) is 4.74 Å². The van der Waals surface area contributed by atoms with Crippen LogP contribution in [0.4, 0.5) is 0 Å². The molecule has 0 rings (SSSR count). The summed E-state index contributed by atoms with van der Waals surface area (Å²) in [6, 6.07) is 0. The molecular formula is C4H8OS3. The first kappa shape index (κ1) is 8.75. The molecule has 0 atom stereocenters. The average molecular weight is 168 g/mol. The molecule has 0 radical (unpaired) electrons. The van der Waals surface area contributed by atoms with Gasteiger partial charge in [0.1, 0.15) is 3.53 Å². The van der Waals surface area contributed by atoms with Crippen LogP contribution in [-0.2, 0) is 4.74 Å². The number of ether oxygens (including phenoxy) is 1. The van der Waals surface area contributed by atoms with Gasteiger partial charge in [0, 0.05) is 12.9 Å². The molecular weight excluding hydrogens is 160 g/mol. The van der Waals surface area contributed by atoms with Crippen molar-refractivity contribution in [2.24, 2.45) is 0 Å². The van der Waals surface area contributed by atoms with Gasteiger partial charge < -0.3 is 4.74 Å². The fraction of sp³-hybridized carbons (Fsp3) is 0.750. The third kappa shape index (κ3) is 6.75. The standard InChI is InChI=1S/C4H8OS3/c1-5-2-3-8-4(6)7/h2-3H2,1H3,(H,6,7). The van der Waals surface area contributed by atoms with E-state index in [0.717, 1.165) is 12.4 Å². The van der Waals surface area contributed by atoms with Crippen molar-refractivity contribution in [3.05, 3.63) is 0 Å². The molecule has 0 bridgehead atoms. The van der Waals surface area contributed by atoms with Crippen LogP contribution in [0.2, 0.25) is 0 Å². The summed E-state index contributed by atoms with van der Waals surface area (Å²) in [5.41, 5.74) is 0. The lowest BCUT2D eigenvalue weighted by Gasteiger charge is -1.93. The summed E-state index contributed by atoms with van der Waals surface area (Å²) in [6.45, 7) is 0.741. The van der Waals surface area contributed by atoms with Crippen LogP contribution in [-0.4, -0.2) is 23.0 Å². The zero-order valence-corrected chi connectivity index (χ0v) is 7.11. The third-order valence-electron chi connectivity index (χ3n) is 0.513. The van der Waals surface area contributed by atoms with E-state index >= 15 is 0 Å². The van der Waals surface area contributed by atoms with Gasteiger partial charge in [0.15, 0.2) is 0 Å². The Kier molecular flexibility index (Phi) is 6.43. The van der Waals surface area contributed by atoms with E-state index in [1.165, 1.54) is 11.8 Å². The first-order valence-electron chi connectivity index (χ1n) is 2.12. The smallest absolute Gasteiger partial charge is 0.101 e. The molecule has 0 saturated carbocycles. The average Bonchev–Trinajstić information content (AvgIpc) is 1.66. The number of thioether (sulfide) groups is 1.